The molecule has 0 aliphatic rings. The van der Waals surface area contributed by atoms with Crippen molar-refractivity contribution in [1.82, 2.24) is 9.97 Å². The average molecular weight is 440 g/mol. The maximum Gasteiger partial charge on any atom is 0.162 e. The van der Waals surface area contributed by atoms with E-state index in [1.54, 1.807) is 20.5 Å². The Morgan fingerprint density at radius 2 is 1.57 bits per heavy atom. The van der Waals surface area contributed by atoms with Crippen LogP contribution in [0.3, 0.4) is 0 Å². The highest BCUT2D eigenvalue weighted by Gasteiger charge is 2.11. The summed E-state index contributed by atoms with van der Waals surface area (Å²) >= 11 is 1.82. The predicted octanol–water partition coefficient (Wildman–Crippen LogP) is 6.10. The molecule has 0 amide bonds. The third-order valence-electron chi connectivity index (χ3n) is 4.51. The first-order chi connectivity index (χ1) is 14.3. The minimum absolute atomic E-state index is 0. The first-order valence-electron chi connectivity index (χ1n) is 9.17. The number of ether oxygens (including phenoxy) is 2. The number of hydrogen-bond donors (Lipinski definition) is 1. The van der Waals surface area contributed by atoms with Gasteiger partial charge >= 0.3 is 0 Å². The Labute approximate surface area is 186 Å². The van der Waals surface area contributed by atoms with Gasteiger partial charge in [-0.2, -0.15) is 0 Å². The molecule has 0 saturated carbocycles. The van der Waals surface area contributed by atoms with Gasteiger partial charge < -0.3 is 14.8 Å². The van der Waals surface area contributed by atoms with E-state index in [0.717, 1.165) is 28.2 Å². The molecule has 0 bridgehead atoms. The summed E-state index contributed by atoms with van der Waals surface area (Å²) in [5, 5.41) is 4.25. The quantitative estimate of drug-likeness (QED) is 0.351. The molecule has 0 unspecified atom stereocenters. The molecule has 0 aliphatic carbocycles. The van der Waals surface area contributed by atoms with Crippen molar-refractivity contribution in [1.29, 1.82) is 0 Å². The number of benzene rings is 3. The molecule has 0 saturated heterocycles. The van der Waals surface area contributed by atoms with Gasteiger partial charge in [0.05, 0.1) is 19.7 Å². The van der Waals surface area contributed by atoms with Gasteiger partial charge in [-0.25, -0.2) is 9.97 Å². The SMILES string of the molecule is COc1cc2ncnc(Nc3ccc(SCc4ccccc4)cc3)c2cc1OC.Cl. The van der Waals surface area contributed by atoms with E-state index >= 15 is 0 Å². The van der Waals surface area contributed by atoms with Gasteiger partial charge in [0.25, 0.3) is 0 Å². The van der Waals surface area contributed by atoms with Crippen molar-refractivity contribution < 1.29 is 9.47 Å². The van der Waals surface area contributed by atoms with Crippen LogP contribution in [-0.2, 0) is 5.75 Å². The molecule has 4 rings (SSSR count). The fourth-order valence-corrected chi connectivity index (χ4v) is 3.85. The topological polar surface area (TPSA) is 56.3 Å². The van der Waals surface area contributed by atoms with Gasteiger partial charge in [0.2, 0.25) is 0 Å². The monoisotopic (exact) mass is 439 g/mol. The van der Waals surface area contributed by atoms with E-state index in [1.807, 2.05) is 30.0 Å². The Bertz CT molecular complexity index is 1110. The second-order valence-corrected chi connectivity index (χ2v) is 7.42. The van der Waals surface area contributed by atoms with Gasteiger partial charge in [-0.05, 0) is 35.9 Å². The van der Waals surface area contributed by atoms with Crippen LogP contribution in [0.5, 0.6) is 11.5 Å². The van der Waals surface area contributed by atoms with Crippen molar-refractivity contribution in [3.63, 3.8) is 0 Å². The van der Waals surface area contributed by atoms with E-state index in [9.17, 15) is 0 Å². The summed E-state index contributed by atoms with van der Waals surface area (Å²) in [4.78, 5) is 9.97. The molecule has 1 heterocycles. The Kier molecular flexibility index (Phi) is 7.38. The minimum atomic E-state index is 0. The molecule has 1 aromatic heterocycles. The number of hydrogen-bond acceptors (Lipinski definition) is 6. The number of halogens is 1. The second kappa shape index (κ2) is 10.2. The van der Waals surface area contributed by atoms with Crippen LogP contribution in [0.15, 0.2) is 78.0 Å². The smallest absolute Gasteiger partial charge is 0.162 e. The number of aromatic nitrogens is 2. The van der Waals surface area contributed by atoms with Crippen LogP contribution in [0.2, 0.25) is 0 Å². The molecule has 0 spiro atoms. The number of rotatable bonds is 7. The lowest BCUT2D eigenvalue weighted by atomic mass is 10.2. The van der Waals surface area contributed by atoms with Gasteiger partial charge in [-0.15, -0.1) is 24.2 Å². The summed E-state index contributed by atoms with van der Waals surface area (Å²) in [5.41, 5.74) is 3.07. The highest BCUT2D eigenvalue weighted by atomic mass is 35.5. The van der Waals surface area contributed by atoms with Gasteiger partial charge in [-0.1, -0.05) is 30.3 Å². The molecular formula is C23H22ClN3O2S. The van der Waals surface area contributed by atoms with Crippen LogP contribution in [0, 0.1) is 0 Å². The first kappa shape index (κ1) is 21.7. The van der Waals surface area contributed by atoms with Crippen LogP contribution >= 0.6 is 24.2 Å². The maximum absolute atomic E-state index is 5.42. The molecule has 3 aromatic carbocycles. The van der Waals surface area contributed by atoms with Crippen LogP contribution in [-0.4, -0.2) is 24.2 Å². The Morgan fingerprint density at radius 3 is 2.27 bits per heavy atom. The maximum atomic E-state index is 5.42. The lowest BCUT2D eigenvalue weighted by Gasteiger charge is -2.12. The highest BCUT2D eigenvalue weighted by molar-refractivity contribution is 7.98. The third-order valence-corrected chi connectivity index (χ3v) is 5.59. The van der Waals surface area contributed by atoms with Crippen LogP contribution in [0.25, 0.3) is 10.9 Å². The lowest BCUT2D eigenvalue weighted by Crippen LogP contribution is -1.98. The second-order valence-electron chi connectivity index (χ2n) is 6.37. The Hall–Kier alpha value is -2.96. The van der Waals surface area contributed by atoms with E-state index in [0.29, 0.717) is 11.5 Å². The molecular weight excluding hydrogens is 418 g/mol. The van der Waals surface area contributed by atoms with E-state index in [2.05, 4.69) is 63.8 Å². The lowest BCUT2D eigenvalue weighted by molar-refractivity contribution is 0.356. The zero-order valence-corrected chi connectivity index (χ0v) is 18.3. The average Bonchev–Trinajstić information content (AvgIpc) is 2.78. The summed E-state index contributed by atoms with van der Waals surface area (Å²) in [6.45, 7) is 0. The molecule has 0 aliphatic heterocycles. The standard InChI is InChI=1S/C23H21N3O2S.ClH/c1-27-21-12-19-20(13-22(21)28-2)24-15-25-23(19)26-17-8-10-18(11-9-17)29-14-16-6-4-3-5-7-16;/h3-13,15H,14H2,1-2H3,(H,24,25,26);1H. The van der Waals surface area contributed by atoms with Gasteiger partial charge in [0, 0.05) is 27.8 Å². The number of methoxy groups -OCH3 is 2. The Morgan fingerprint density at radius 1 is 0.867 bits per heavy atom. The van der Waals surface area contributed by atoms with Gasteiger partial charge in [-0.3, -0.25) is 0 Å². The molecule has 0 radical (unpaired) electrons. The number of anilines is 2. The van der Waals surface area contributed by atoms with Gasteiger partial charge in [0.15, 0.2) is 11.5 Å². The zero-order chi connectivity index (χ0) is 20.1. The van der Waals surface area contributed by atoms with E-state index < -0.39 is 0 Å². The predicted molar refractivity (Wildman–Crippen MR) is 126 cm³/mol. The van der Waals surface area contributed by atoms with Crippen molar-refractivity contribution in [2.45, 2.75) is 10.6 Å². The molecule has 5 nitrogen and oxygen atoms in total. The highest BCUT2D eigenvalue weighted by Crippen LogP contribution is 2.34. The number of nitrogens with one attached hydrogen (secondary N) is 1. The largest absolute Gasteiger partial charge is 0.493 e. The van der Waals surface area contributed by atoms with Crippen molar-refractivity contribution in [3.8, 4) is 11.5 Å². The van der Waals surface area contributed by atoms with Gasteiger partial charge in [0.1, 0.15) is 12.1 Å². The molecule has 1 N–H and O–H groups in total. The van der Waals surface area contributed by atoms with Crippen LogP contribution in [0.4, 0.5) is 11.5 Å². The molecule has 0 fully saturated rings. The van der Waals surface area contributed by atoms with Crippen molar-refractivity contribution in [3.05, 3.63) is 78.6 Å². The zero-order valence-electron chi connectivity index (χ0n) is 16.7. The summed E-state index contributed by atoms with van der Waals surface area (Å²) in [6, 6.07) is 22.6. The summed E-state index contributed by atoms with van der Waals surface area (Å²) in [7, 11) is 3.23. The summed E-state index contributed by atoms with van der Waals surface area (Å²) in [5.74, 6) is 2.96. The minimum Gasteiger partial charge on any atom is -0.493 e. The van der Waals surface area contributed by atoms with Crippen LogP contribution < -0.4 is 14.8 Å². The molecule has 154 valence electrons. The fourth-order valence-electron chi connectivity index (χ4n) is 2.99. The van der Waals surface area contributed by atoms with Crippen molar-refractivity contribution >= 4 is 46.6 Å². The van der Waals surface area contributed by atoms with E-state index in [-0.39, 0.29) is 12.4 Å². The van der Waals surface area contributed by atoms with E-state index in [1.165, 1.54) is 10.5 Å². The summed E-state index contributed by atoms with van der Waals surface area (Å²) in [6.07, 6.45) is 1.54. The normalized spacial score (nSPS) is 10.3. The number of fused-ring (bicyclic) bond motifs is 1. The Balaban J connectivity index is 0.00000256. The molecule has 30 heavy (non-hydrogen) atoms. The first-order valence-corrected chi connectivity index (χ1v) is 10.2. The van der Waals surface area contributed by atoms with E-state index in [4.69, 9.17) is 9.47 Å². The van der Waals surface area contributed by atoms with Crippen molar-refractivity contribution in [2.24, 2.45) is 0 Å². The van der Waals surface area contributed by atoms with Crippen LogP contribution in [0.1, 0.15) is 5.56 Å². The molecule has 0 atom stereocenters. The molecule has 7 heteroatoms. The number of thioether (sulfide) groups is 1. The number of nitrogens with zero attached hydrogens (tertiary/aromatic N) is 2. The fraction of sp³-hybridized carbons (Fsp3) is 0.130. The third kappa shape index (κ3) is 4.96. The molecule has 4 aromatic rings. The summed E-state index contributed by atoms with van der Waals surface area (Å²) < 4.78 is 10.8. The van der Waals surface area contributed by atoms with Crippen molar-refractivity contribution in [2.75, 3.05) is 19.5 Å².